The van der Waals surface area contributed by atoms with Gasteiger partial charge in [0, 0.05) is 175 Å². The van der Waals surface area contributed by atoms with Gasteiger partial charge in [-0.3, -0.25) is 72.0 Å². The lowest BCUT2D eigenvalue weighted by Gasteiger charge is -2.22. The standard InChI is InChI=1S/C22H31N3O4.C19H27NO3.C18H28N2O2.C18H25NO4.C14H21NOS.C10H21NOS/c1-14(2)16-13-20(27)25(22(16)29)12-8-11-19(26)23-17-9-6-7-10-18(17)24(5)21(28)15(3)4;1-13(2)18(22)11-10-16(21)12-15-8-6-7-9-17(15)20(5)19(23)14(3)4;1-13(2)9-8-12-17(21)19-15-10-6-7-11-16(15)20(5)18(22)14(3)4;1-12(2)15(20)10-11-17(21)23-16-9-7-6-8-14(16)19(5)18(22)13(3)4;1-10(2)14(16)15(5)12-8-6-7-9-13(12)17-11(3)4;1-8(2)10(12)11(5)6-7-13-9(3)4/h6-7,9-10,14-16H,8,11-13H2,1-5H3,(H,23,26);6-9,13-14H,10-12H2,1-5H3;6-7,10-11,13-14H,8-9,12H2,1-5H3,(H,19,21);6-9,12-13H,10-11H2,1-5H3;6-11H,1-5H3;8-9H,6-7H2,1-5H3. The molecule has 1 aliphatic heterocycles. The highest BCUT2D eigenvalue weighted by atomic mass is 32.2. The summed E-state index contributed by atoms with van der Waals surface area (Å²) in [7, 11) is 10.5. The van der Waals surface area contributed by atoms with Crippen LogP contribution in [0, 0.1) is 65.1 Å². The lowest BCUT2D eigenvalue weighted by molar-refractivity contribution is -0.140. The molecule has 0 bridgehead atoms. The Morgan fingerprint density at radius 2 is 0.787 bits per heavy atom. The normalized spacial score (nSPS) is 12.2. The molecule has 1 atom stereocenters. The van der Waals surface area contributed by atoms with E-state index in [0.29, 0.717) is 64.2 Å². The predicted molar refractivity (Wildman–Crippen MR) is 522 cm³/mol. The van der Waals surface area contributed by atoms with Gasteiger partial charge in [0.2, 0.25) is 59.1 Å². The second kappa shape index (κ2) is 59.3. The number of Topliss-reactive ketones (excluding diaryl/α,β-unsaturated/α-hetero) is 3. The predicted octanol–water partition coefficient (Wildman–Crippen LogP) is 19.8. The fraction of sp³-hybridized carbons (Fsp3) is 0.564. The number of thioether (sulfide) groups is 2. The van der Waals surface area contributed by atoms with Crippen molar-refractivity contribution in [1.82, 2.24) is 9.80 Å². The zero-order chi connectivity index (χ0) is 97.0. The summed E-state index contributed by atoms with van der Waals surface area (Å²) < 4.78 is 5.34. The fourth-order valence-electron chi connectivity index (χ4n) is 12.6. The summed E-state index contributed by atoms with van der Waals surface area (Å²) >= 11 is 3.68. The number of amides is 10. The van der Waals surface area contributed by atoms with Gasteiger partial charge in [-0.05, 0) is 90.1 Å². The Kier molecular flexibility index (Phi) is 53.8. The van der Waals surface area contributed by atoms with Crippen LogP contribution in [0.2, 0.25) is 0 Å². The number of carbonyl (C=O) groups is 14. The Morgan fingerprint density at radius 1 is 0.409 bits per heavy atom. The van der Waals surface area contributed by atoms with E-state index in [1.807, 2.05) is 214 Å². The first kappa shape index (κ1) is 115. The van der Waals surface area contributed by atoms with Crippen molar-refractivity contribution in [3.05, 3.63) is 127 Å². The summed E-state index contributed by atoms with van der Waals surface area (Å²) in [5, 5.41) is 6.93. The number of ketones is 3. The summed E-state index contributed by atoms with van der Waals surface area (Å²) in [6.07, 6.45) is 4.26. The molecule has 0 saturated carbocycles. The summed E-state index contributed by atoms with van der Waals surface area (Å²) in [5.74, 6) is 0.850. The maximum atomic E-state index is 12.4. The number of rotatable bonds is 39. The molecule has 1 unspecified atom stereocenters. The van der Waals surface area contributed by atoms with Gasteiger partial charge >= 0.3 is 5.97 Å². The molecule has 5 aromatic rings. The number of nitrogens with zero attached hydrogens (tertiary/aromatic N) is 7. The lowest BCUT2D eigenvalue weighted by atomic mass is 9.94. The molecule has 0 aromatic heterocycles. The molecule has 1 aliphatic rings. The van der Waals surface area contributed by atoms with Gasteiger partial charge in [-0.15, -0.1) is 11.8 Å². The molecule has 10 amide bonds. The number of likely N-dealkylation sites (tertiary alicyclic amines) is 1. The molecular weight excluding hydrogens is 1640 g/mol. The summed E-state index contributed by atoms with van der Waals surface area (Å²) in [6, 6.07) is 36.9. The van der Waals surface area contributed by atoms with E-state index in [-0.39, 0.29) is 181 Å². The van der Waals surface area contributed by atoms with Crippen molar-refractivity contribution >= 4 is 146 Å². The van der Waals surface area contributed by atoms with E-state index < -0.39 is 5.97 Å². The van der Waals surface area contributed by atoms with Crippen LogP contribution in [0.5, 0.6) is 5.75 Å². The summed E-state index contributed by atoms with van der Waals surface area (Å²) in [6.45, 7) is 47.7. The monoisotopic (exact) mass is 1800 g/mol. The van der Waals surface area contributed by atoms with Crippen LogP contribution in [-0.4, -0.2) is 164 Å². The molecule has 704 valence electrons. The third-order valence-electron chi connectivity index (χ3n) is 20.3. The van der Waals surface area contributed by atoms with Gasteiger partial charge in [-0.2, -0.15) is 11.8 Å². The van der Waals surface area contributed by atoms with Gasteiger partial charge in [-0.25, -0.2) is 0 Å². The number of carbonyl (C=O) groups excluding carboxylic acids is 14. The molecule has 24 nitrogen and oxygen atoms in total. The second-order valence-corrected chi connectivity index (χ2v) is 39.0. The van der Waals surface area contributed by atoms with Crippen molar-refractivity contribution < 1.29 is 71.9 Å². The fourth-order valence-corrected chi connectivity index (χ4v) is 14.5. The van der Waals surface area contributed by atoms with Crippen LogP contribution < -0.4 is 39.9 Å². The summed E-state index contributed by atoms with van der Waals surface area (Å²) in [5.41, 5.74) is 5.73. The Hall–Kier alpha value is -9.82. The van der Waals surface area contributed by atoms with Gasteiger partial charge in [0.25, 0.3) is 0 Å². The quantitative estimate of drug-likeness (QED) is 0.0160. The third-order valence-corrected chi connectivity index (χ3v) is 22.5. The van der Waals surface area contributed by atoms with Gasteiger partial charge < -0.3 is 44.8 Å². The van der Waals surface area contributed by atoms with Crippen molar-refractivity contribution in [3.63, 3.8) is 0 Å². The number of ether oxygens (including phenoxy) is 1. The molecule has 1 fully saturated rings. The molecule has 0 spiro atoms. The molecule has 0 radical (unpaired) electrons. The van der Waals surface area contributed by atoms with Crippen LogP contribution >= 0.6 is 23.5 Å². The number of nitrogens with one attached hydrogen (secondary N) is 2. The largest absolute Gasteiger partial charge is 0.424 e. The molecule has 0 aliphatic carbocycles. The molecule has 5 aromatic carbocycles. The molecule has 26 heteroatoms. The van der Waals surface area contributed by atoms with Crippen molar-refractivity contribution in [2.45, 2.75) is 252 Å². The Balaban J connectivity index is 0.000000773. The highest BCUT2D eigenvalue weighted by Crippen LogP contribution is 2.35. The average molecular weight is 1800 g/mol. The highest BCUT2D eigenvalue weighted by Gasteiger charge is 2.40. The number of hydrogen-bond donors (Lipinski definition) is 2. The van der Waals surface area contributed by atoms with Gasteiger partial charge in [0.15, 0.2) is 5.75 Å². The van der Waals surface area contributed by atoms with Crippen molar-refractivity contribution in [2.75, 3.05) is 96.3 Å². The first-order chi connectivity index (χ1) is 59.3. The van der Waals surface area contributed by atoms with Crippen LogP contribution in [0.1, 0.15) is 236 Å². The van der Waals surface area contributed by atoms with Gasteiger partial charge in [0.1, 0.15) is 17.3 Å². The first-order valence-electron chi connectivity index (χ1n) is 44.9. The molecule has 6 rings (SSSR count). The molecule has 127 heavy (non-hydrogen) atoms. The number of hydrogen-bond acceptors (Lipinski definition) is 17. The first-order valence-corrected chi connectivity index (χ1v) is 46.8. The minimum Gasteiger partial charge on any atom is -0.424 e. The molecule has 1 saturated heterocycles. The van der Waals surface area contributed by atoms with E-state index >= 15 is 0 Å². The Morgan fingerprint density at radius 3 is 1.20 bits per heavy atom. The zero-order valence-corrected chi connectivity index (χ0v) is 83.7. The number of anilines is 7. The third kappa shape index (κ3) is 42.3. The minimum absolute atomic E-state index is 0.00139. The van der Waals surface area contributed by atoms with E-state index in [0.717, 1.165) is 47.8 Å². The van der Waals surface area contributed by atoms with Crippen LogP contribution in [0.3, 0.4) is 0 Å². The summed E-state index contributed by atoms with van der Waals surface area (Å²) in [4.78, 5) is 181. The number of esters is 1. The molecular formula is C101H153N9O15S2. The van der Waals surface area contributed by atoms with Crippen LogP contribution in [0.15, 0.2) is 126 Å². The maximum absolute atomic E-state index is 12.4. The van der Waals surface area contributed by atoms with E-state index in [2.05, 4.69) is 58.2 Å². The van der Waals surface area contributed by atoms with Crippen LogP contribution in [0.25, 0.3) is 0 Å². The SMILES string of the molecule is CC(C)C(=O)CCC(=O)Cc1ccccc1N(C)C(=O)C(C)C.CC(C)C(=O)CCC(=O)Oc1ccccc1N(C)C(=O)C(C)C.CC(C)C(=O)N(C)c1ccccc1NC(=O)CCCN1C(=O)CC(C(C)C)C1=O.CC(C)CCCC(=O)Nc1ccccc1N(C)C(=O)C(C)C.CC(C)SCCN(C)C(=O)C(C)C.CC(C)Sc1ccccc1N(C)C(=O)C(C)C. The lowest BCUT2D eigenvalue weighted by Crippen LogP contribution is -2.33. The van der Waals surface area contributed by atoms with Crippen molar-refractivity contribution in [1.29, 1.82) is 0 Å². The topological polar surface area (TPSA) is 295 Å². The van der Waals surface area contributed by atoms with Crippen LogP contribution in [0.4, 0.5) is 39.8 Å². The number of imide groups is 1. The number of benzene rings is 5. The van der Waals surface area contributed by atoms with Gasteiger partial charge in [-0.1, -0.05) is 239 Å². The van der Waals surface area contributed by atoms with Crippen molar-refractivity contribution in [2.24, 2.45) is 65.1 Å². The van der Waals surface area contributed by atoms with Crippen molar-refractivity contribution in [3.8, 4) is 5.75 Å². The highest BCUT2D eigenvalue weighted by molar-refractivity contribution is 8.00. The van der Waals surface area contributed by atoms with Gasteiger partial charge in [0.05, 0.1) is 40.5 Å². The second-order valence-electron chi connectivity index (χ2n) is 35.7. The maximum Gasteiger partial charge on any atom is 0.311 e. The average Bonchev–Trinajstić information content (AvgIpc) is 0.938. The molecule has 2 N–H and O–H groups in total. The molecule has 1 heterocycles. The van der Waals surface area contributed by atoms with E-state index in [1.165, 1.54) is 19.6 Å². The Bertz CT molecular complexity index is 4260. The van der Waals surface area contributed by atoms with Crippen LogP contribution in [-0.2, 0) is 73.5 Å². The Labute approximate surface area is 769 Å². The minimum atomic E-state index is -0.475. The van der Waals surface area contributed by atoms with E-state index in [4.69, 9.17) is 4.74 Å². The zero-order valence-electron chi connectivity index (χ0n) is 82.0. The smallest absolute Gasteiger partial charge is 0.311 e. The van der Waals surface area contributed by atoms with E-state index in [9.17, 15) is 67.1 Å². The number of para-hydroxylation sites is 8. The van der Waals surface area contributed by atoms with E-state index in [1.54, 1.807) is 111 Å².